The van der Waals surface area contributed by atoms with Gasteiger partial charge in [0.15, 0.2) is 0 Å². The number of hydrogen-bond donors (Lipinski definition) is 1. The zero-order valence-corrected chi connectivity index (χ0v) is 11.2. The number of methoxy groups -OCH3 is 1. The summed E-state index contributed by atoms with van der Waals surface area (Å²) < 4.78 is 5.34. The molecule has 5 heteroatoms. The highest BCUT2D eigenvalue weighted by atomic mass is 79.9. The quantitative estimate of drug-likeness (QED) is 0.686. The summed E-state index contributed by atoms with van der Waals surface area (Å²) in [6.45, 7) is 1.92. The summed E-state index contributed by atoms with van der Waals surface area (Å²) in [5.74, 6) is -0.415. The highest BCUT2D eigenvalue weighted by Gasteiger charge is 2.02. The van der Waals surface area contributed by atoms with Gasteiger partial charge in [0, 0.05) is 21.8 Å². The molecule has 3 nitrogen and oxygen atoms in total. The topological polar surface area (TPSA) is 38.3 Å². The number of benzene rings is 1. The van der Waals surface area contributed by atoms with E-state index >= 15 is 0 Å². The average Bonchev–Trinajstić information content (AvgIpc) is 2.25. The number of ether oxygens (including phenoxy) is 1. The Morgan fingerprint density at radius 2 is 2.25 bits per heavy atom. The molecule has 16 heavy (non-hydrogen) atoms. The van der Waals surface area contributed by atoms with E-state index in [0.717, 1.165) is 15.7 Å². The van der Waals surface area contributed by atoms with Crippen LogP contribution in [0.5, 0.6) is 0 Å². The number of carbonyl (C=O) groups is 1. The number of esters is 1. The van der Waals surface area contributed by atoms with E-state index < -0.39 is 5.97 Å². The minimum absolute atomic E-state index is 0.415. The Morgan fingerprint density at radius 3 is 2.88 bits per heavy atom. The fourth-order valence-electron chi connectivity index (χ4n) is 1.02. The molecule has 0 amide bonds. The SMILES string of the molecule is COC(=O)/C=C/Nc1cc(Cl)c(C)cc1Br. The van der Waals surface area contributed by atoms with E-state index in [4.69, 9.17) is 11.6 Å². The van der Waals surface area contributed by atoms with Crippen molar-refractivity contribution in [3.63, 3.8) is 0 Å². The van der Waals surface area contributed by atoms with Gasteiger partial charge in [-0.15, -0.1) is 0 Å². The van der Waals surface area contributed by atoms with E-state index in [9.17, 15) is 4.79 Å². The van der Waals surface area contributed by atoms with Crippen LogP contribution in [0.4, 0.5) is 5.69 Å². The molecule has 0 unspecified atom stereocenters. The van der Waals surface area contributed by atoms with Crippen molar-refractivity contribution < 1.29 is 9.53 Å². The molecular weight excluding hydrogens is 293 g/mol. The normalized spacial score (nSPS) is 10.5. The van der Waals surface area contributed by atoms with Crippen LogP contribution in [0, 0.1) is 6.92 Å². The number of aryl methyl sites for hydroxylation is 1. The summed E-state index contributed by atoms with van der Waals surface area (Å²) in [5, 5.41) is 3.60. The Bertz CT molecular complexity index is 432. The van der Waals surface area contributed by atoms with Crippen LogP contribution in [0.25, 0.3) is 0 Å². The molecule has 1 N–H and O–H groups in total. The molecule has 86 valence electrons. The Hall–Kier alpha value is -1.000. The molecular formula is C11H11BrClNO2. The Balaban J connectivity index is 2.78. The van der Waals surface area contributed by atoms with Crippen LogP contribution >= 0.6 is 27.5 Å². The number of halogens is 2. The molecule has 0 saturated heterocycles. The Labute approximate surface area is 108 Å². The smallest absolute Gasteiger partial charge is 0.331 e. The van der Waals surface area contributed by atoms with Gasteiger partial charge >= 0.3 is 5.97 Å². The summed E-state index contributed by atoms with van der Waals surface area (Å²) in [4.78, 5) is 10.8. The van der Waals surface area contributed by atoms with Crippen molar-refractivity contribution in [1.82, 2.24) is 0 Å². The standard InChI is InChI=1S/C11H11BrClNO2/c1-7-5-8(12)10(6-9(7)13)14-4-3-11(15)16-2/h3-6,14H,1-2H3/b4-3+. The van der Waals surface area contributed by atoms with Gasteiger partial charge in [-0.1, -0.05) is 11.6 Å². The van der Waals surface area contributed by atoms with Gasteiger partial charge in [-0.2, -0.15) is 0 Å². The van der Waals surface area contributed by atoms with Gasteiger partial charge < -0.3 is 10.1 Å². The first-order valence-corrected chi connectivity index (χ1v) is 5.68. The van der Waals surface area contributed by atoms with Gasteiger partial charge in [-0.3, -0.25) is 0 Å². The van der Waals surface area contributed by atoms with Crippen molar-refractivity contribution in [2.75, 3.05) is 12.4 Å². The second-order valence-corrected chi connectivity index (χ2v) is 4.34. The summed E-state index contributed by atoms with van der Waals surface area (Å²) in [6.07, 6.45) is 2.79. The number of rotatable bonds is 3. The maximum absolute atomic E-state index is 10.8. The van der Waals surface area contributed by atoms with E-state index in [1.165, 1.54) is 19.4 Å². The summed E-state index contributed by atoms with van der Waals surface area (Å²) in [6, 6.07) is 3.68. The van der Waals surface area contributed by atoms with Crippen LogP contribution in [0.15, 0.2) is 28.9 Å². The van der Waals surface area contributed by atoms with Crippen LogP contribution in [0.3, 0.4) is 0 Å². The van der Waals surface area contributed by atoms with Gasteiger partial charge in [0.1, 0.15) is 0 Å². The van der Waals surface area contributed by atoms with Crippen molar-refractivity contribution in [1.29, 1.82) is 0 Å². The monoisotopic (exact) mass is 303 g/mol. The van der Waals surface area contributed by atoms with Gasteiger partial charge in [0.2, 0.25) is 0 Å². The average molecular weight is 305 g/mol. The lowest BCUT2D eigenvalue weighted by Crippen LogP contribution is -1.97. The number of anilines is 1. The third kappa shape index (κ3) is 3.54. The minimum atomic E-state index is -0.415. The van der Waals surface area contributed by atoms with Crippen molar-refractivity contribution in [3.05, 3.63) is 39.5 Å². The molecule has 0 aliphatic carbocycles. The predicted octanol–water partition coefficient (Wildman–Crippen LogP) is 3.51. The molecule has 0 saturated carbocycles. The van der Waals surface area contributed by atoms with Gasteiger partial charge in [0.05, 0.1) is 12.8 Å². The third-order valence-electron chi connectivity index (χ3n) is 1.91. The predicted molar refractivity (Wildman–Crippen MR) is 68.7 cm³/mol. The first-order chi connectivity index (χ1) is 7.54. The zero-order valence-electron chi connectivity index (χ0n) is 8.88. The number of nitrogens with one attached hydrogen (secondary N) is 1. The highest BCUT2D eigenvalue weighted by molar-refractivity contribution is 9.10. The molecule has 0 radical (unpaired) electrons. The van der Waals surface area contributed by atoms with E-state index in [-0.39, 0.29) is 0 Å². The minimum Gasteiger partial charge on any atom is -0.466 e. The fraction of sp³-hybridized carbons (Fsp3) is 0.182. The molecule has 0 atom stereocenters. The van der Waals surface area contributed by atoms with Crippen LogP contribution in [-0.2, 0) is 9.53 Å². The molecule has 1 aromatic rings. The molecule has 0 aliphatic rings. The second-order valence-electron chi connectivity index (χ2n) is 3.08. The van der Waals surface area contributed by atoms with Gasteiger partial charge in [-0.25, -0.2) is 4.79 Å². The van der Waals surface area contributed by atoms with E-state index in [2.05, 4.69) is 26.0 Å². The lowest BCUT2D eigenvalue weighted by molar-refractivity contribution is -0.134. The van der Waals surface area contributed by atoms with Crippen molar-refractivity contribution in [2.45, 2.75) is 6.92 Å². The molecule has 1 rings (SSSR count). The molecule has 1 aromatic carbocycles. The van der Waals surface area contributed by atoms with Gasteiger partial charge in [-0.05, 0) is 40.5 Å². The second kappa shape index (κ2) is 5.92. The Kier molecular flexibility index (Phi) is 4.83. The molecule has 0 heterocycles. The number of hydrogen-bond acceptors (Lipinski definition) is 3. The van der Waals surface area contributed by atoms with Crippen molar-refractivity contribution in [2.24, 2.45) is 0 Å². The first-order valence-electron chi connectivity index (χ1n) is 4.51. The Morgan fingerprint density at radius 1 is 1.56 bits per heavy atom. The van der Waals surface area contributed by atoms with Crippen LogP contribution in [0.2, 0.25) is 5.02 Å². The molecule has 0 aromatic heterocycles. The first kappa shape index (κ1) is 13.1. The molecule has 0 spiro atoms. The maximum Gasteiger partial charge on any atom is 0.331 e. The largest absolute Gasteiger partial charge is 0.466 e. The van der Waals surface area contributed by atoms with Crippen molar-refractivity contribution in [3.8, 4) is 0 Å². The van der Waals surface area contributed by atoms with Crippen molar-refractivity contribution >= 4 is 39.2 Å². The van der Waals surface area contributed by atoms with Crippen LogP contribution < -0.4 is 5.32 Å². The zero-order chi connectivity index (χ0) is 12.1. The molecule has 0 aliphatic heterocycles. The van der Waals surface area contributed by atoms with E-state index in [1.807, 2.05) is 13.0 Å². The third-order valence-corrected chi connectivity index (χ3v) is 2.97. The molecule has 0 fully saturated rings. The lowest BCUT2D eigenvalue weighted by Gasteiger charge is -2.06. The van der Waals surface area contributed by atoms with Crippen LogP contribution in [0.1, 0.15) is 5.56 Å². The summed E-state index contributed by atoms with van der Waals surface area (Å²) in [7, 11) is 1.32. The van der Waals surface area contributed by atoms with E-state index in [1.54, 1.807) is 6.07 Å². The summed E-state index contributed by atoms with van der Waals surface area (Å²) >= 11 is 9.37. The molecule has 0 bridgehead atoms. The number of carbonyl (C=O) groups excluding carboxylic acids is 1. The summed E-state index contributed by atoms with van der Waals surface area (Å²) in [5.41, 5.74) is 1.77. The highest BCUT2D eigenvalue weighted by Crippen LogP contribution is 2.29. The fourth-order valence-corrected chi connectivity index (χ4v) is 1.76. The lowest BCUT2D eigenvalue weighted by atomic mass is 10.2. The van der Waals surface area contributed by atoms with E-state index in [0.29, 0.717) is 5.02 Å². The van der Waals surface area contributed by atoms with Gasteiger partial charge in [0.25, 0.3) is 0 Å². The van der Waals surface area contributed by atoms with Crippen LogP contribution in [-0.4, -0.2) is 13.1 Å². The maximum atomic E-state index is 10.8.